The molecule has 0 aliphatic heterocycles. The van der Waals surface area contributed by atoms with E-state index in [9.17, 15) is 4.79 Å². The highest BCUT2D eigenvalue weighted by atomic mass is 16.5. The van der Waals surface area contributed by atoms with Crippen molar-refractivity contribution in [3.63, 3.8) is 0 Å². The fourth-order valence-electron chi connectivity index (χ4n) is 1.64. The van der Waals surface area contributed by atoms with Gasteiger partial charge in [0, 0.05) is 26.3 Å². The summed E-state index contributed by atoms with van der Waals surface area (Å²) in [4.78, 5) is 12.8. The van der Waals surface area contributed by atoms with Crippen molar-refractivity contribution in [2.45, 2.75) is 19.8 Å². The summed E-state index contributed by atoms with van der Waals surface area (Å²) < 4.78 is 5.92. The quantitative estimate of drug-likeness (QED) is 0.354. The van der Waals surface area contributed by atoms with Crippen LogP contribution in [0.1, 0.15) is 19.8 Å². The van der Waals surface area contributed by atoms with Crippen LogP contribution in [0, 0.1) is 0 Å². The minimum Gasteiger partial charge on any atom is -0.466 e. The van der Waals surface area contributed by atoms with Gasteiger partial charge in [-0.3, -0.25) is 4.79 Å². The molecule has 0 heterocycles. The van der Waals surface area contributed by atoms with Gasteiger partial charge in [0.05, 0.1) is 33.8 Å². The average molecular weight is 231 g/mol. The summed E-state index contributed by atoms with van der Waals surface area (Å²) in [5.41, 5.74) is 0. The molecule has 0 radical (unpaired) electrons. The number of nitrogens with zero attached hydrogens (tertiary/aromatic N) is 2. The van der Waals surface area contributed by atoms with Gasteiger partial charge in [-0.05, 0) is 14.1 Å². The highest BCUT2D eigenvalue weighted by Crippen LogP contribution is 2.02. The molecule has 0 atom stereocenters. The van der Waals surface area contributed by atoms with Gasteiger partial charge in [0.15, 0.2) is 0 Å². The van der Waals surface area contributed by atoms with E-state index in [-0.39, 0.29) is 5.97 Å². The molecule has 4 nitrogen and oxygen atoms in total. The Labute approximate surface area is 99.8 Å². The first kappa shape index (κ1) is 15.4. The van der Waals surface area contributed by atoms with Gasteiger partial charge in [-0.1, -0.05) is 0 Å². The summed E-state index contributed by atoms with van der Waals surface area (Å²) in [6, 6.07) is 0. The van der Waals surface area contributed by atoms with Crippen molar-refractivity contribution in [1.82, 2.24) is 4.90 Å². The first-order valence-electron chi connectivity index (χ1n) is 5.93. The fraction of sp³-hybridized carbons (Fsp3) is 0.917. The maximum Gasteiger partial charge on any atom is 0.302 e. The maximum atomic E-state index is 10.6. The number of carbonyl (C=O) groups is 1. The summed E-state index contributed by atoms with van der Waals surface area (Å²) in [6.45, 7) is 5.35. The molecule has 0 amide bonds. The Morgan fingerprint density at radius 2 is 1.75 bits per heavy atom. The predicted molar refractivity (Wildman–Crippen MR) is 66.3 cm³/mol. The van der Waals surface area contributed by atoms with Gasteiger partial charge in [-0.2, -0.15) is 0 Å². The Bertz CT molecular complexity index is 203. The number of hydrogen-bond acceptors (Lipinski definition) is 3. The number of rotatable bonds is 8. The van der Waals surface area contributed by atoms with Crippen LogP contribution in [0.4, 0.5) is 0 Å². The van der Waals surface area contributed by atoms with E-state index in [0.717, 1.165) is 30.5 Å². The molecule has 0 saturated heterocycles. The van der Waals surface area contributed by atoms with Crippen LogP contribution in [0.5, 0.6) is 0 Å². The maximum absolute atomic E-state index is 10.6. The van der Waals surface area contributed by atoms with E-state index in [0.29, 0.717) is 6.61 Å². The summed E-state index contributed by atoms with van der Waals surface area (Å²) >= 11 is 0. The minimum absolute atomic E-state index is 0.182. The number of quaternary nitrogens is 1. The fourth-order valence-corrected chi connectivity index (χ4v) is 1.64. The number of esters is 1. The van der Waals surface area contributed by atoms with Crippen molar-refractivity contribution in [2.24, 2.45) is 0 Å². The van der Waals surface area contributed by atoms with Gasteiger partial charge in [0.2, 0.25) is 0 Å². The van der Waals surface area contributed by atoms with Crippen molar-refractivity contribution in [3.05, 3.63) is 0 Å². The van der Waals surface area contributed by atoms with Crippen LogP contribution in [0.15, 0.2) is 0 Å². The second-order valence-corrected chi connectivity index (χ2v) is 5.23. The SMILES string of the molecule is CC(=O)OCCC[N+](C)(C)CCCN(C)C. The monoisotopic (exact) mass is 231 g/mol. The molecule has 0 saturated carbocycles. The smallest absolute Gasteiger partial charge is 0.302 e. The van der Waals surface area contributed by atoms with E-state index in [1.807, 2.05) is 0 Å². The van der Waals surface area contributed by atoms with Crippen molar-refractivity contribution in [2.75, 3.05) is 54.4 Å². The third-order valence-corrected chi connectivity index (χ3v) is 2.58. The van der Waals surface area contributed by atoms with Crippen molar-refractivity contribution >= 4 is 5.97 Å². The van der Waals surface area contributed by atoms with Crippen LogP contribution in [0.3, 0.4) is 0 Å². The van der Waals surface area contributed by atoms with Gasteiger partial charge in [-0.15, -0.1) is 0 Å². The zero-order valence-electron chi connectivity index (χ0n) is 11.5. The predicted octanol–water partition coefficient (Wildman–Crippen LogP) is 0.968. The molecule has 0 aromatic heterocycles. The molecule has 0 aliphatic rings. The van der Waals surface area contributed by atoms with Crippen LogP contribution < -0.4 is 0 Å². The van der Waals surface area contributed by atoms with Crippen LogP contribution >= 0.6 is 0 Å². The average Bonchev–Trinajstić information content (AvgIpc) is 2.11. The van der Waals surface area contributed by atoms with E-state index in [1.54, 1.807) is 0 Å². The zero-order chi connectivity index (χ0) is 12.6. The van der Waals surface area contributed by atoms with Gasteiger partial charge in [0.1, 0.15) is 0 Å². The second kappa shape index (κ2) is 7.63. The van der Waals surface area contributed by atoms with E-state index < -0.39 is 0 Å². The van der Waals surface area contributed by atoms with Crippen molar-refractivity contribution in [1.29, 1.82) is 0 Å². The summed E-state index contributed by atoms with van der Waals surface area (Å²) in [6.07, 6.45) is 2.14. The summed E-state index contributed by atoms with van der Waals surface area (Å²) in [5.74, 6) is -0.182. The standard InChI is InChI=1S/C12H27N2O2/c1-12(15)16-11-7-10-14(4,5)9-6-8-13(2)3/h6-11H2,1-5H3/q+1. The molecule has 0 aromatic carbocycles. The molecule has 0 bridgehead atoms. The van der Waals surface area contributed by atoms with E-state index in [1.165, 1.54) is 13.3 Å². The normalized spacial score (nSPS) is 11.9. The Morgan fingerprint density at radius 1 is 1.19 bits per heavy atom. The molecule has 0 spiro atoms. The lowest BCUT2D eigenvalue weighted by Gasteiger charge is -2.30. The Kier molecular flexibility index (Phi) is 7.34. The first-order chi connectivity index (χ1) is 7.33. The van der Waals surface area contributed by atoms with Crippen molar-refractivity contribution in [3.8, 4) is 0 Å². The third kappa shape index (κ3) is 9.93. The minimum atomic E-state index is -0.182. The molecule has 0 rings (SSSR count). The molecule has 16 heavy (non-hydrogen) atoms. The second-order valence-electron chi connectivity index (χ2n) is 5.23. The van der Waals surface area contributed by atoms with Crippen LogP contribution in [-0.4, -0.2) is 69.8 Å². The van der Waals surface area contributed by atoms with Gasteiger partial charge in [0.25, 0.3) is 0 Å². The molecule has 0 N–H and O–H groups in total. The lowest BCUT2D eigenvalue weighted by atomic mass is 10.3. The first-order valence-corrected chi connectivity index (χ1v) is 5.93. The van der Waals surface area contributed by atoms with Gasteiger partial charge < -0.3 is 14.1 Å². The number of carbonyl (C=O) groups excluding carboxylic acids is 1. The van der Waals surface area contributed by atoms with E-state index in [4.69, 9.17) is 4.74 Å². The highest BCUT2D eigenvalue weighted by Gasteiger charge is 2.14. The van der Waals surface area contributed by atoms with Gasteiger partial charge in [-0.25, -0.2) is 0 Å². The topological polar surface area (TPSA) is 29.5 Å². The molecule has 4 heteroatoms. The lowest BCUT2D eigenvalue weighted by molar-refractivity contribution is -0.890. The molecular formula is C12H27N2O2+. The van der Waals surface area contributed by atoms with Crippen LogP contribution in [0.2, 0.25) is 0 Å². The van der Waals surface area contributed by atoms with Crippen molar-refractivity contribution < 1.29 is 14.0 Å². The third-order valence-electron chi connectivity index (χ3n) is 2.58. The Balaban J connectivity index is 3.57. The molecule has 0 aromatic rings. The highest BCUT2D eigenvalue weighted by molar-refractivity contribution is 5.65. The molecule has 0 unspecified atom stereocenters. The molecular weight excluding hydrogens is 204 g/mol. The van der Waals surface area contributed by atoms with E-state index in [2.05, 4.69) is 33.1 Å². The van der Waals surface area contributed by atoms with Crippen LogP contribution in [0.25, 0.3) is 0 Å². The Hall–Kier alpha value is -0.610. The Morgan fingerprint density at radius 3 is 2.25 bits per heavy atom. The lowest BCUT2D eigenvalue weighted by Crippen LogP contribution is -2.42. The van der Waals surface area contributed by atoms with E-state index >= 15 is 0 Å². The number of ether oxygens (including phenoxy) is 1. The van der Waals surface area contributed by atoms with Crippen LogP contribution in [-0.2, 0) is 9.53 Å². The number of hydrogen-bond donors (Lipinski definition) is 0. The van der Waals surface area contributed by atoms with Gasteiger partial charge >= 0.3 is 5.97 Å². The summed E-state index contributed by atoms with van der Waals surface area (Å²) in [5, 5.41) is 0. The molecule has 0 aliphatic carbocycles. The zero-order valence-corrected chi connectivity index (χ0v) is 11.5. The largest absolute Gasteiger partial charge is 0.466 e. The molecule has 0 fully saturated rings. The molecule has 96 valence electrons. The summed E-state index contributed by atoms with van der Waals surface area (Å²) in [7, 11) is 8.65.